The first kappa shape index (κ1) is 31.0. The molecule has 4 rings (SSSR count). The lowest BCUT2D eigenvalue weighted by atomic mass is 10.0. The highest BCUT2D eigenvalue weighted by atomic mass is 32.2. The molecule has 1 amide bonds. The Bertz CT molecular complexity index is 1480. The van der Waals surface area contributed by atoms with Crippen LogP contribution in [0.15, 0.2) is 48.9 Å². The van der Waals surface area contributed by atoms with Crippen LogP contribution in [0, 0.1) is 0 Å². The van der Waals surface area contributed by atoms with Crippen molar-refractivity contribution in [3.63, 3.8) is 0 Å². The zero-order valence-electron chi connectivity index (χ0n) is 25.3. The minimum Gasteiger partial charge on any atom is -0.444 e. The molecule has 3 aromatic rings. The Kier molecular flexibility index (Phi) is 8.59. The zero-order chi connectivity index (χ0) is 30.2. The van der Waals surface area contributed by atoms with E-state index in [9.17, 15) is 13.2 Å². The molecule has 0 bridgehead atoms. The van der Waals surface area contributed by atoms with E-state index in [4.69, 9.17) is 9.16 Å². The number of carbonyl (C=O) groups excluding carboxylic acids is 1. The molecule has 0 unspecified atom stereocenters. The molecule has 12 heteroatoms. The first-order valence-electron chi connectivity index (χ1n) is 14.0. The fourth-order valence-electron chi connectivity index (χ4n) is 4.63. The number of anilines is 1. The number of nitrogens with zero attached hydrogens (tertiary/aromatic N) is 4. The van der Waals surface area contributed by atoms with Gasteiger partial charge < -0.3 is 19.4 Å². The Hall–Kier alpha value is -2.96. The molecule has 1 saturated heterocycles. The summed E-state index contributed by atoms with van der Waals surface area (Å²) in [5.41, 5.74) is 0.367. The van der Waals surface area contributed by atoms with Gasteiger partial charge in [0.1, 0.15) is 17.7 Å². The van der Waals surface area contributed by atoms with Gasteiger partial charge in [-0.15, -0.1) is 0 Å². The lowest BCUT2D eigenvalue weighted by Crippen LogP contribution is -2.56. The fraction of sp³-hybridized carbons (Fsp3) is 0.552. The van der Waals surface area contributed by atoms with Crippen molar-refractivity contribution in [3.05, 3.63) is 54.5 Å². The van der Waals surface area contributed by atoms with E-state index in [-0.39, 0.29) is 29.0 Å². The summed E-state index contributed by atoms with van der Waals surface area (Å²) >= 11 is 0. The van der Waals surface area contributed by atoms with Gasteiger partial charge in [0.05, 0.1) is 17.2 Å². The second-order valence-electron chi connectivity index (χ2n) is 13.3. The lowest BCUT2D eigenvalue weighted by molar-refractivity contribution is 0.00391. The number of piperidine rings is 1. The molecule has 0 saturated carbocycles. The summed E-state index contributed by atoms with van der Waals surface area (Å²) in [6, 6.07) is 10.6. The van der Waals surface area contributed by atoms with Gasteiger partial charge in [0.25, 0.3) is 0 Å². The smallest absolute Gasteiger partial charge is 0.410 e. The Morgan fingerprint density at radius 2 is 1.73 bits per heavy atom. The number of hydrogen-bond donors (Lipinski definition) is 1. The Labute approximate surface area is 244 Å². The normalized spacial score (nSPS) is 18.9. The summed E-state index contributed by atoms with van der Waals surface area (Å²) in [6.45, 7) is 17.4. The Morgan fingerprint density at radius 3 is 2.37 bits per heavy atom. The number of rotatable bonds is 7. The minimum atomic E-state index is -3.71. The van der Waals surface area contributed by atoms with Gasteiger partial charge >= 0.3 is 6.09 Å². The zero-order valence-corrected chi connectivity index (χ0v) is 27.2. The number of nitrogens with one attached hydrogen (secondary N) is 1. The van der Waals surface area contributed by atoms with E-state index in [0.717, 1.165) is 0 Å². The van der Waals surface area contributed by atoms with Crippen LogP contribution in [-0.4, -0.2) is 72.5 Å². The summed E-state index contributed by atoms with van der Waals surface area (Å²) in [5, 5.41) is 4.06. The van der Waals surface area contributed by atoms with Crippen LogP contribution in [-0.2, 0) is 24.9 Å². The number of ether oxygens (including phenoxy) is 1. The van der Waals surface area contributed by atoms with Crippen LogP contribution < -0.4 is 5.32 Å². The molecule has 1 fully saturated rings. The summed E-state index contributed by atoms with van der Waals surface area (Å²) in [6.07, 6.45) is 2.95. The molecular formula is C29H43N5O5SSi. The summed E-state index contributed by atoms with van der Waals surface area (Å²) in [5.74, 6) is 0.357. The van der Waals surface area contributed by atoms with Crippen molar-refractivity contribution in [1.29, 1.82) is 0 Å². The number of fused-ring (bicyclic) bond motifs is 1. The predicted molar refractivity (Wildman–Crippen MR) is 164 cm³/mol. The number of aromatic nitrogens is 3. The average molecular weight is 602 g/mol. The molecule has 2 atom stereocenters. The van der Waals surface area contributed by atoms with Gasteiger partial charge in [-0.1, -0.05) is 51.1 Å². The average Bonchev–Trinajstić information content (AvgIpc) is 3.29. The van der Waals surface area contributed by atoms with Crippen LogP contribution in [0.25, 0.3) is 11.0 Å². The van der Waals surface area contributed by atoms with Crippen molar-refractivity contribution in [2.75, 3.05) is 18.4 Å². The molecule has 0 aliphatic carbocycles. The van der Waals surface area contributed by atoms with Crippen LogP contribution in [0.4, 0.5) is 10.6 Å². The van der Waals surface area contributed by atoms with Crippen molar-refractivity contribution in [2.24, 2.45) is 0 Å². The second kappa shape index (κ2) is 11.4. The topological polar surface area (TPSA) is 116 Å². The SMILES string of the molecule is CC(C)(C)OC(=O)N1C[C@H](Nc2ncnc3c2ccn3S(=O)(=O)Cc2ccccc2)C[C@H](O[Si](C)(C)C(C)(C)C)C1. The highest BCUT2D eigenvalue weighted by Crippen LogP contribution is 2.38. The van der Waals surface area contributed by atoms with Crippen LogP contribution in [0.1, 0.15) is 53.5 Å². The fourth-order valence-corrected chi connectivity index (χ4v) is 7.39. The quantitative estimate of drug-likeness (QED) is 0.347. The summed E-state index contributed by atoms with van der Waals surface area (Å²) in [7, 11) is -5.83. The molecule has 3 heterocycles. The van der Waals surface area contributed by atoms with Crippen molar-refractivity contribution < 1.29 is 22.4 Å². The molecule has 1 aromatic carbocycles. The van der Waals surface area contributed by atoms with E-state index in [1.54, 1.807) is 23.1 Å². The van der Waals surface area contributed by atoms with E-state index in [1.807, 2.05) is 39.0 Å². The Morgan fingerprint density at radius 1 is 1.05 bits per heavy atom. The number of hydrogen-bond acceptors (Lipinski definition) is 8. The third kappa shape index (κ3) is 7.47. The van der Waals surface area contributed by atoms with Crippen LogP contribution in [0.2, 0.25) is 18.1 Å². The minimum absolute atomic E-state index is 0.0110. The molecule has 1 aliphatic rings. The van der Waals surface area contributed by atoms with Gasteiger partial charge in [-0.25, -0.2) is 27.2 Å². The first-order valence-corrected chi connectivity index (χ1v) is 18.5. The molecule has 0 spiro atoms. The summed E-state index contributed by atoms with van der Waals surface area (Å²) in [4.78, 5) is 23.6. The van der Waals surface area contributed by atoms with Gasteiger partial charge in [-0.3, -0.25) is 0 Å². The lowest BCUT2D eigenvalue weighted by Gasteiger charge is -2.44. The highest BCUT2D eigenvalue weighted by molar-refractivity contribution is 7.89. The van der Waals surface area contributed by atoms with Gasteiger partial charge in [0.2, 0.25) is 10.0 Å². The molecular weight excluding hydrogens is 559 g/mol. The van der Waals surface area contributed by atoms with E-state index in [0.29, 0.717) is 41.9 Å². The maximum absolute atomic E-state index is 13.3. The number of carbonyl (C=O) groups is 1. The van der Waals surface area contributed by atoms with E-state index in [1.165, 1.54) is 16.5 Å². The molecule has 2 aromatic heterocycles. The number of likely N-dealkylation sites (tertiary alicyclic amines) is 1. The Balaban J connectivity index is 1.60. The third-order valence-corrected chi connectivity index (χ3v) is 13.7. The maximum Gasteiger partial charge on any atom is 0.410 e. The van der Waals surface area contributed by atoms with Gasteiger partial charge in [-0.05, 0) is 57.0 Å². The van der Waals surface area contributed by atoms with Crippen molar-refractivity contribution >= 4 is 41.3 Å². The third-order valence-electron chi connectivity index (χ3n) is 7.61. The van der Waals surface area contributed by atoms with Gasteiger partial charge in [0, 0.05) is 25.3 Å². The predicted octanol–water partition coefficient (Wildman–Crippen LogP) is 5.62. The van der Waals surface area contributed by atoms with Crippen LogP contribution >= 0.6 is 0 Å². The van der Waals surface area contributed by atoms with Crippen LogP contribution in [0.5, 0.6) is 0 Å². The monoisotopic (exact) mass is 601 g/mol. The number of benzene rings is 1. The highest BCUT2D eigenvalue weighted by Gasteiger charge is 2.42. The van der Waals surface area contributed by atoms with Crippen LogP contribution in [0.3, 0.4) is 0 Å². The number of amides is 1. The van der Waals surface area contributed by atoms with E-state index < -0.39 is 23.9 Å². The molecule has 0 radical (unpaired) electrons. The molecule has 41 heavy (non-hydrogen) atoms. The van der Waals surface area contributed by atoms with Crippen molar-refractivity contribution in [1.82, 2.24) is 18.8 Å². The molecule has 1 N–H and O–H groups in total. The standard InChI is InChI=1S/C29H43N5O5SSi/c1-28(2,3)38-27(35)33-17-22(16-23(18-33)39-41(7,8)29(4,5)6)32-25-24-14-15-34(26(24)31-20-30-25)40(36,37)19-21-12-10-9-11-13-21/h9-15,20,22-23H,16-19H2,1-8H3,(H,30,31,32)/t22-,23+/m1/s1. The summed E-state index contributed by atoms with van der Waals surface area (Å²) < 4.78 is 40.2. The molecule has 224 valence electrons. The maximum atomic E-state index is 13.3. The molecule has 10 nitrogen and oxygen atoms in total. The van der Waals surface area contributed by atoms with Gasteiger partial charge in [0.15, 0.2) is 14.0 Å². The largest absolute Gasteiger partial charge is 0.444 e. The molecule has 1 aliphatic heterocycles. The van der Waals surface area contributed by atoms with E-state index >= 15 is 0 Å². The van der Waals surface area contributed by atoms with E-state index in [2.05, 4.69) is 49.1 Å². The second-order valence-corrected chi connectivity index (χ2v) is 19.9. The van der Waals surface area contributed by atoms with Crippen molar-refractivity contribution in [3.8, 4) is 0 Å². The first-order chi connectivity index (χ1) is 19.0. The van der Waals surface area contributed by atoms with Gasteiger partial charge in [-0.2, -0.15) is 0 Å². The van der Waals surface area contributed by atoms with Crippen molar-refractivity contribution in [2.45, 2.75) is 89.6 Å².